The van der Waals surface area contributed by atoms with E-state index >= 15 is 0 Å². The van der Waals surface area contributed by atoms with Gasteiger partial charge in [-0.15, -0.1) is 0 Å². The Labute approximate surface area is 143 Å². The molecule has 0 unspecified atom stereocenters. The van der Waals surface area contributed by atoms with Gasteiger partial charge in [0.25, 0.3) is 0 Å². The summed E-state index contributed by atoms with van der Waals surface area (Å²) in [5.74, 6) is -0.157. The summed E-state index contributed by atoms with van der Waals surface area (Å²) < 4.78 is 17.0. The number of ether oxygens (including phenoxy) is 2. The molecule has 5 nitrogen and oxygen atoms in total. The first kappa shape index (κ1) is 23.0. The van der Waals surface area contributed by atoms with Crippen molar-refractivity contribution in [2.75, 3.05) is 20.5 Å². The van der Waals surface area contributed by atoms with E-state index in [0.29, 0.717) is 12.8 Å². The lowest BCUT2D eigenvalue weighted by atomic mass is 9.97. The minimum Gasteiger partial charge on any atom is -0.414 e. The van der Waals surface area contributed by atoms with Crippen molar-refractivity contribution in [3.8, 4) is 0 Å². The minimum atomic E-state index is -1.94. The molecule has 0 heterocycles. The lowest BCUT2D eigenvalue weighted by molar-refractivity contribution is -0.0801. The third-order valence-corrected chi connectivity index (χ3v) is 9.32. The second-order valence-electron chi connectivity index (χ2n) is 8.08. The van der Waals surface area contributed by atoms with Gasteiger partial charge in [0.2, 0.25) is 0 Å². The van der Waals surface area contributed by atoms with E-state index in [2.05, 4.69) is 33.9 Å². The molecule has 0 rings (SSSR count). The van der Waals surface area contributed by atoms with Crippen molar-refractivity contribution in [2.24, 2.45) is 5.92 Å². The largest absolute Gasteiger partial charge is 0.414 e. The Kier molecular flexibility index (Phi) is 10.1. The molecule has 0 saturated carbocycles. The molecule has 0 aliphatic heterocycles. The van der Waals surface area contributed by atoms with E-state index in [-0.39, 0.29) is 36.6 Å². The highest BCUT2D eigenvalue weighted by Gasteiger charge is 2.40. The average molecular weight is 351 g/mol. The summed E-state index contributed by atoms with van der Waals surface area (Å²) in [6, 6.07) is 0. The summed E-state index contributed by atoms with van der Waals surface area (Å²) in [5.41, 5.74) is 0. The van der Waals surface area contributed by atoms with Gasteiger partial charge in [-0.1, -0.05) is 27.7 Å². The molecule has 4 atom stereocenters. The summed E-state index contributed by atoms with van der Waals surface area (Å²) in [6.45, 7) is 15.1. The smallest absolute Gasteiger partial charge is 0.192 e. The molecule has 0 aromatic heterocycles. The van der Waals surface area contributed by atoms with E-state index in [1.165, 1.54) is 0 Å². The van der Waals surface area contributed by atoms with Gasteiger partial charge in [-0.3, -0.25) is 0 Å². The van der Waals surface area contributed by atoms with Gasteiger partial charge in [0.15, 0.2) is 8.32 Å². The quantitative estimate of drug-likeness (QED) is 0.442. The molecule has 0 aliphatic carbocycles. The fraction of sp³-hybridized carbons (Fsp3) is 1.00. The minimum absolute atomic E-state index is 0.0126. The molecule has 6 heteroatoms. The zero-order chi connectivity index (χ0) is 18.3. The normalized spacial score (nSPS) is 18.5. The van der Waals surface area contributed by atoms with Crippen LogP contribution in [0, 0.1) is 5.92 Å². The van der Waals surface area contributed by atoms with Crippen LogP contribution in [0.5, 0.6) is 0 Å². The van der Waals surface area contributed by atoms with Gasteiger partial charge in [-0.05, 0) is 37.9 Å². The van der Waals surface area contributed by atoms with E-state index < -0.39 is 14.4 Å². The molecule has 0 fully saturated rings. The van der Waals surface area contributed by atoms with Gasteiger partial charge in [0.1, 0.15) is 6.79 Å². The molecule has 140 valence electrons. The first-order valence-electron chi connectivity index (χ1n) is 8.51. The molecule has 0 spiro atoms. The topological polar surface area (TPSA) is 68.2 Å². The molecule has 0 radical (unpaired) electrons. The van der Waals surface area contributed by atoms with Crippen molar-refractivity contribution in [3.63, 3.8) is 0 Å². The Hall–Kier alpha value is 0.0169. The fourth-order valence-electron chi connectivity index (χ4n) is 2.03. The van der Waals surface area contributed by atoms with E-state index in [0.717, 1.165) is 0 Å². The molecule has 0 saturated heterocycles. The third-order valence-electron chi connectivity index (χ3n) is 4.78. The van der Waals surface area contributed by atoms with Crippen molar-refractivity contribution in [1.82, 2.24) is 0 Å². The number of rotatable bonds is 11. The predicted molar refractivity (Wildman–Crippen MR) is 96.0 cm³/mol. The van der Waals surface area contributed by atoms with Gasteiger partial charge < -0.3 is 24.1 Å². The number of hydrogen-bond donors (Lipinski definition) is 2. The number of aliphatic hydroxyl groups is 2. The molecule has 0 aromatic rings. The SMILES string of the molecule is COCO[C@H](C)C[C@@H](C[C@H](O)[C@H](C)CO)O[Si](C)(C)C(C)(C)C. The predicted octanol–water partition coefficient (Wildman–Crippen LogP) is 3.16. The summed E-state index contributed by atoms with van der Waals surface area (Å²) in [6.07, 6.45) is 0.525. The van der Waals surface area contributed by atoms with Gasteiger partial charge in [-0.25, -0.2) is 0 Å². The lowest BCUT2D eigenvalue weighted by Gasteiger charge is -2.40. The first-order valence-corrected chi connectivity index (χ1v) is 11.4. The van der Waals surface area contributed by atoms with Crippen molar-refractivity contribution in [2.45, 2.75) is 83.9 Å². The Morgan fingerprint density at radius 2 is 1.65 bits per heavy atom. The molecule has 0 amide bonds. The molecular formula is C17H38O5Si. The van der Waals surface area contributed by atoms with Crippen molar-refractivity contribution >= 4 is 8.32 Å². The molecule has 0 aromatic carbocycles. The third kappa shape index (κ3) is 8.61. The lowest BCUT2D eigenvalue weighted by Crippen LogP contribution is -2.45. The highest BCUT2D eigenvalue weighted by molar-refractivity contribution is 6.74. The van der Waals surface area contributed by atoms with Crippen LogP contribution in [0.25, 0.3) is 0 Å². The maximum atomic E-state index is 10.3. The van der Waals surface area contributed by atoms with E-state index in [1.54, 1.807) is 7.11 Å². The molecule has 0 aliphatic rings. The van der Waals surface area contributed by atoms with Crippen LogP contribution in [0.1, 0.15) is 47.5 Å². The van der Waals surface area contributed by atoms with Crippen molar-refractivity contribution < 1.29 is 24.1 Å². The van der Waals surface area contributed by atoms with E-state index in [9.17, 15) is 10.2 Å². The summed E-state index contributed by atoms with van der Waals surface area (Å²) in [7, 11) is -0.338. The Balaban J connectivity index is 4.92. The summed E-state index contributed by atoms with van der Waals surface area (Å²) in [5, 5.41) is 19.6. The number of methoxy groups -OCH3 is 1. The van der Waals surface area contributed by atoms with E-state index in [1.807, 2.05) is 13.8 Å². The second kappa shape index (κ2) is 10.1. The zero-order valence-corrected chi connectivity index (χ0v) is 17.3. The van der Waals surface area contributed by atoms with Crippen LogP contribution >= 0.6 is 0 Å². The summed E-state index contributed by atoms with van der Waals surface area (Å²) >= 11 is 0. The monoisotopic (exact) mass is 350 g/mol. The van der Waals surface area contributed by atoms with Gasteiger partial charge in [-0.2, -0.15) is 0 Å². The molecule has 23 heavy (non-hydrogen) atoms. The Bertz CT molecular complexity index is 317. The van der Waals surface area contributed by atoms with Crippen LogP contribution < -0.4 is 0 Å². The van der Waals surface area contributed by atoms with E-state index in [4.69, 9.17) is 13.9 Å². The second-order valence-corrected chi connectivity index (χ2v) is 12.8. The van der Waals surface area contributed by atoms with Gasteiger partial charge >= 0.3 is 0 Å². The highest BCUT2D eigenvalue weighted by Crippen LogP contribution is 2.38. The maximum absolute atomic E-state index is 10.3. The maximum Gasteiger partial charge on any atom is 0.192 e. The van der Waals surface area contributed by atoms with Crippen LogP contribution in [-0.4, -0.2) is 57.4 Å². The first-order chi connectivity index (χ1) is 10.4. The van der Waals surface area contributed by atoms with Crippen LogP contribution in [0.2, 0.25) is 18.1 Å². The standard InChI is InChI=1S/C17H38O5Si/c1-13(11-18)16(19)10-15(9-14(2)21-12-20-6)22-23(7,8)17(3,4)5/h13-16,18-19H,9-12H2,1-8H3/t13-,14-,15+,16+/m1/s1. The molecule has 2 N–H and O–H groups in total. The summed E-state index contributed by atoms with van der Waals surface area (Å²) in [4.78, 5) is 0. The number of hydrogen-bond acceptors (Lipinski definition) is 5. The number of aliphatic hydroxyl groups excluding tert-OH is 2. The Morgan fingerprint density at radius 3 is 2.09 bits per heavy atom. The van der Waals surface area contributed by atoms with Crippen LogP contribution in [-0.2, 0) is 13.9 Å². The van der Waals surface area contributed by atoms with Crippen LogP contribution in [0.3, 0.4) is 0 Å². The van der Waals surface area contributed by atoms with Gasteiger partial charge in [0, 0.05) is 25.7 Å². The Morgan fingerprint density at radius 1 is 1.09 bits per heavy atom. The van der Waals surface area contributed by atoms with Crippen LogP contribution in [0.15, 0.2) is 0 Å². The van der Waals surface area contributed by atoms with Crippen molar-refractivity contribution in [1.29, 1.82) is 0 Å². The fourth-order valence-corrected chi connectivity index (χ4v) is 3.41. The zero-order valence-electron chi connectivity index (χ0n) is 16.3. The molecular weight excluding hydrogens is 312 g/mol. The molecule has 0 bridgehead atoms. The van der Waals surface area contributed by atoms with Crippen molar-refractivity contribution in [3.05, 3.63) is 0 Å². The van der Waals surface area contributed by atoms with Gasteiger partial charge in [0.05, 0.1) is 12.2 Å². The van der Waals surface area contributed by atoms with Crippen LogP contribution in [0.4, 0.5) is 0 Å². The highest BCUT2D eigenvalue weighted by atomic mass is 28.4. The average Bonchev–Trinajstić information content (AvgIpc) is 2.42.